The van der Waals surface area contributed by atoms with E-state index in [0.29, 0.717) is 24.8 Å². The van der Waals surface area contributed by atoms with E-state index in [1.54, 1.807) is 6.07 Å². The van der Waals surface area contributed by atoms with E-state index in [1.807, 2.05) is 0 Å². The zero-order valence-electron chi connectivity index (χ0n) is 14.3. The first-order valence-electron chi connectivity index (χ1n) is 8.33. The van der Waals surface area contributed by atoms with Crippen molar-refractivity contribution in [1.82, 2.24) is 0 Å². The lowest BCUT2D eigenvalue weighted by Gasteiger charge is -2.38. The molecule has 27 heavy (non-hydrogen) atoms. The van der Waals surface area contributed by atoms with Gasteiger partial charge in [-0.2, -0.15) is 0 Å². The van der Waals surface area contributed by atoms with Crippen LogP contribution in [0.2, 0.25) is 0 Å². The van der Waals surface area contributed by atoms with E-state index in [1.165, 1.54) is 12.1 Å². The van der Waals surface area contributed by atoms with E-state index in [4.69, 9.17) is 19.7 Å². The molecular formula is C17H22O10. The molecular weight excluding hydrogens is 364 g/mol. The summed E-state index contributed by atoms with van der Waals surface area (Å²) in [6.07, 6.45) is -7.22. The number of benzene rings is 1. The smallest absolute Gasteiger partial charge is 0.335 e. The van der Waals surface area contributed by atoms with Crippen molar-refractivity contribution in [3.63, 3.8) is 0 Å². The molecule has 0 aliphatic carbocycles. The minimum atomic E-state index is -1.84. The molecule has 10 nitrogen and oxygen atoms in total. The van der Waals surface area contributed by atoms with E-state index in [0.717, 1.165) is 0 Å². The molecule has 6 N–H and O–H groups in total. The lowest BCUT2D eigenvalue weighted by atomic mass is 9.99. The van der Waals surface area contributed by atoms with Gasteiger partial charge in [-0.1, -0.05) is 6.07 Å². The Hall–Kier alpha value is -2.40. The summed E-state index contributed by atoms with van der Waals surface area (Å²) < 4.78 is 10.3. The van der Waals surface area contributed by atoms with Gasteiger partial charge in [0.25, 0.3) is 0 Å². The summed E-state index contributed by atoms with van der Waals surface area (Å²) in [4.78, 5) is 21.6. The highest BCUT2D eigenvalue weighted by atomic mass is 16.7. The maximum absolute atomic E-state index is 11.1. The van der Waals surface area contributed by atoms with Gasteiger partial charge in [-0.05, 0) is 37.0 Å². The van der Waals surface area contributed by atoms with Gasteiger partial charge >= 0.3 is 11.9 Å². The quantitative estimate of drug-likeness (QED) is 0.318. The molecule has 1 heterocycles. The van der Waals surface area contributed by atoms with Gasteiger partial charge in [0.15, 0.2) is 17.6 Å². The number of aliphatic hydroxyl groups excluding tert-OH is 3. The zero-order chi connectivity index (χ0) is 20.1. The molecule has 1 aliphatic rings. The van der Waals surface area contributed by atoms with E-state index in [2.05, 4.69) is 0 Å². The summed E-state index contributed by atoms with van der Waals surface area (Å²) in [5, 5.41) is 57.0. The van der Waals surface area contributed by atoms with Crippen LogP contribution < -0.4 is 4.74 Å². The van der Waals surface area contributed by atoms with Crippen LogP contribution in [0.15, 0.2) is 18.2 Å². The van der Waals surface area contributed by atoms with Crippen molar-refractivity contribution in [3.05, 3.63) is 23.8 Å². The molecule has 10 heteroatoms. The van der Waals surface area contributed by atoms with E-state index < -0.39 is 42.6 Å². The van der Waals surface area contributed by atoms with Crippen LogP contribution in [0.5, 0.6) is 11.5 Å². The van der Waals surface area contributed by atoms with Gasteiger partial charge in [0, 0.05) is 6.42 Å². The number of aliphatic hydroxyl groups is 3. The monoisotopic (exact) mass is 386 g/mol. The second-order valence-corrected chi connectivity index (χ2v) is 6.26. The van der Waals surface area contributed by atoms with Crippen molar-refractivity contribution < 1.29 is 49.7 Å². The molecule has 0 spiro atoms. The van der Waals surface area contributed by atoms with Gasteiger partial charge in [0.1, 0.15) is 18.3 Å². The molecule has 0 saturated carbocycles. The molecule has 0 aromatic heterocycles. The van der Waals surface area contributed by atoms with Crippen LogP contribution in [0.3, 0.4) is 0 Å². The number of carbonyl (C=O) groups is 2. The van der Waals surface area contributed by atoms with Crippen molar-refractivity contribution in [1.29, 1.82) is 0 Å². The van der Waals surface area contributed by atoms with Crippen molar-refractivity contribution >= 4 is 11.9 Å². The maximum Gasteiger partial charge on any atom is 0.335 e. The Balaban J connectivity index is 2.07. The summed E-state index contributed by atoms with van der Waals surface area (Å²) in [7, 11) is 0. The molecule has 0 bridgehead atoms. The first kappa shape index (κ1) is 20.9. The zero-order valence-corrected chi connectivity index (χ0v) is 14.3. The topological polar surface area (TPSA) is 174 Å². The Labute approximate surface area is 154 Å². The van der Waals surface area contributed by atoms with Crippen molar-refractivity contribution in [2.45, 2.75) is 56.4 Å². The van der Waals surface area contributed by atoms with Gasteiger partial charge in [0.2, 0.25) is 6.29 Å². The van der Waals surface area contributed by atoms with Crippen LogP contribution in [-0.4, -0.2) is 73.3 Å². The Morgan fingerprint density at radius 1 is 1.04 bits per heavy atom. The number of aliphatic carboxylic acids is 2. The normalized spacial score (nSPS) is 27.9. The number of carboxylic acid groups (broad SMARTS) is 2. The fourth-order valence-electron chi connectivity index (χ4n) is 2.69. The van der Waals surface area contributed by atoms with E-state index >= 15 is 0 Å². The summed E-state index contributed by atoms with van der Waals surface area (Å²) in [6.45, 7) is 0. The summed E-state index contributed by atoms with van der Waals surface area (Å²) in [6, 6.07) is 4.39. The molecule has 0 amide bonds. The lowest BCUT2D eigenvalue weighted by molar-refractivity contribution is -0.271. The molecule has 0 radical (unpaired) electrons. The minimum Gasteiger partial charge on any atom is -0.504 e. The fourth-order valence-corrected chi connectivity index (χ4v) is 2.69. The van der Waals surface area contributed by atoms with Gasteiger partial charge in [-0.3, -0.25) is 4.79 Å². The minimum absolute atomic E-state index is 0.0420. The predicted octanol–water partition coefficient (Wildman–Crippen LogP) is -0.539. The number of hydrogen-bond donors (Lipinski definition) is 6. The molecule has 1 aliphatic heterocycles. The van der Waals surface area contributed by atoms with E-state index in [9.17, 15) is 30.0 Å². The average Bonchev–Trinajstić information content (AvgIpc) is 2.61. The predicted molar refractivity (Wildman–Crippen MR) is 88.2 cm³/mol. The number of phenols is 1. The molecule has 1 fully saturated rings. The summed E-state index contributed by atoms with van der Waals surface area (Å²) in [5.41, 5.74) is 0.717. The lowest BCUT2D eigenvalue weighted by Crippen LogP contribution is -2.61. The average molecular weight is 386 g/mol. The van der Waals surface area contributed by atoms with Crippen LogP contribution in [-0.2, 0) is 20.7 Å². The number of rotatable bonds is 8. The van der Waals surface area contributed by atoms with Crippen LogP contribution in [0.25, 0.3) is 0 Å². The van der Waals surface area contributed by atoms with Crippen molar-refractivity contribution in [2.75, 3.05) is 0 Å². The largest absolute Gasteiger partial charge is 0.504 e. The molecule has 2 rings (SSSR count). The van der Waals surface area contributed by atoms with Gasteiger partial charge in [-0.15, -0.1) is 0 Å². The molecule has 150 valence electrons. The number of hydrogen-bond acceptors (Lipinski definition) is 8. The van der Waals surface area contributed by atoms with Crippen LogP contribution in [0.1, 0.15) is 24.8 Å². The Morgan fingerprint density at radius 3 is 2.37 bits per heavy atom. The fraction of sp³-hybridized carbons (Fsp3) is 0.529. The van der Waals surface area contributed by atoms with Gasteiger partial charge < -0.3 is 40.1 Å². The number of aromatic hydroxyl groups is 1. The van der Waals surface area contributed by atoms with Crippen LogP contribution in [0, 0.1) is 0 Å². The molecule has 5 atom stereocenters. The number of carboxylic acids is 2. The third kappa shape index (κ3) is 5.30. The number of unbranched alkanes of at least 4 members (excludes halogenated alkanes) is 1. The second kappa shape index (κ2) is 9.00. The van der Waals surface area contributed by atoms with Gasteiger partial charge in [-0.25, -0.2) is 4.79 Å². The molecule has 1 saturated heterocycles. The standard InChI is InChI=1S/C17H22O10/c18-9-6-5-8(3-1-2-4-11(19)20)7-10(9)26-17-14(23)12(21)13(22)15(27-17)16(24)25/h5-7,12-15,17-18,21-23H,1-4H2,(H,19,20)(H,24,25)/t12-,13?,14?,15-,17+/m0/s1. The SMILES string of the molecule is O=C(O)CCCCc1ccc(O)c(O[C@@H]2O[C@H](C(=O)O)C(O)[C@H](O)C2O)c1. The highest BCUT2D eigenvalue weighted by Crippen LogP contribution is 2.31. The molecule has 1 aromatic carbocycles. The van der Waals surface area contributed by atoms with Crippen LogP contribution >= 0.6 is 0 Å². The van der Waals surface area contributed by atoms with E-state index in [-0.39, 0.29) is 17.9 Å². The third-order valence-corrected chi connectivity index (χ3v) is 4.19. The highest BCUT2D eigenvalue weighted by Gasteiger charge is 2.48. The van der Waals surface area contributed by atoms with Crippen molar-refractivity contribution in [2.24, 2.45) is 0 Å². The Kier molecular flexibility index (Phi) is 6.97. The summed E-state index contributed by atoms with van der Waals surface area (Å²) >= 11 is 0. The van der Waals surface area contributed by atoms with Crippen molar-refractivity contribution in [3.8, 4) is 11.5 Å². The first-order chi connectivity index (χ1) is 12.7. The molecule has 2 unspecified atom stereocenters. The molecule has 1 aromatic rings. The Morgan fingerprint density at radius 2 is 1.74 bits per heavy atom. The number of phenolic OH excluding ortho intramolecular Hbond substituents is 1. The first-order valence-corrected chi connectivity index (χ1v) is 8.33. The Bertz CT molecular complexity index is 676. The number of aryl methyl sites for hydroxylation is 1. The van der Waals surface area contributed by atoms with Gasteiger partial charge in [0.05, 0.1) is 0 Å². The maximum atomic E-state index is 11.1. The third-order valence-electron chi connectivity index (χ3n) is 4.19. The second-order valence-electron chi connectivity index (χ2n) is 6.26. The van der Waals surface area contributed by atoms with Crippen LogP contribution in [0.4, 0.5) is 0 Å². The highest BCUT2D eigenvalue weighted by molar-refractivity contribution is 5.73. The number of ether oxygens (including phenoxy) is 2. The summed E-state index contributed by atoms with van der Waals surface area (Å²) in [5.74, 6) is -2.84.